The van der Waals surface area contributed by atoms with Gasteiger partial charge < -0.3 is 15.0 Å². The van der Waals surface area contributed by atoms with Gasteiger partial charge in [0.15, 0.2) is 5.43 Å². The number of amides is 1. The Labute approximate surface area is 119 Å². The number of pyridine rings is 1. The van der Waals surface area contributed by atoms with Gasteiger partial charge in [-0.25, -0.2) is 0 Å². The van der Waals surface area contributed by atoms with Crippen LogP contribution in [0, 0.1) is 6.92 Å². The zero-order chi connectivity index (χ0) is 13.9. The number of carbonyl (C=O) groups is 1. The van der Waals surface area contributed by atoms with Crippen LogP contribution in [0.15, 0.2) is 17.1 Å². The maximum atomic E-state index is 12.2. The molecular weight excluding hydrogens is 312 g/mol. The van der Waals surface area contributed by atoms with E-state index in [1.807, 2.05) is 0 Å². The molecule has 19 heavy (non-hydrogen) atoms. The van der Waals surface area contributed by atoms with Gasteiger partial charge >= 0.3 is 0 Å². The van der Waals surface area contributed by atoms with E-state index in [-0.39, 0.29) is 22.4 Å². The molecule has 0 unspecified atom stereocenters. The van der Waals surface area contributed by atoms with Crippen LogP contribution in [0.4, 0.5) is 0 Å². The normalized spacial score (nSPS) is 18.0. The second-order valence-electron chi connectivity index (χ2n) is 4.87. The summed E-state index contributed by atoms with van der Waals surface area (Å²) < 4.78 is 5.31. The van der Waals surface area contributed by atoms with Gasteiger partial charge in [-0.15, -0.1) is 0 Å². The van der Waals surface area contributed by atoms with E-state index < -0.39 is 0 Å². The first-order valence-electron chi connectivity index (χ1n) is 6.22. The lowest BCUT2D eigenvalue weighted by Crippen LogP contribution is -2.54. The summed E-state index contributed by atoms with van der Waals surface area (Å²) >= 11 is 3.44. The molecule has 1 aliphatic heterocycles. The first-order chi connectivity index (χ1) is 9.06. The van der Waals surface area contributed by atoms with Gasteiger partial charge in [0.25, 0.3) is 5.91 Å². The molecule has 1 saturated heterocycles. The first-order valence-corrected chi connectivity index (χ1v) is 7.34. The highest BCUT2D eigenvalue weighted by Gasteiger charge is 2.33. The first kappa shape index (κ1) is 14.3. The number of aromatic amines is 1. The Hall–Kier alpha value is -1.14. The Morgan fingerprint density at radius 1 is 1.53 bits per heavy atom. The lowest BCUT2D eigenvalue weighted by Gasteiger charge is -2.36. The van der Waals surface area contributed by atoms with Crippen molar-refractivity contribution in [1.29, 1.82) is 0 Å². The van der Waals surface area contributed by atoms with Crippen molar-refractivity contribution in [1.82, 2.24) is 10.3 Å². The number of halogens is 1. The SMILES string of the molecule is Cc1cc(=O)c(C(=O)NC2(CBr)CCOCC2)c[nH]1. The summed E-state index contributed by atoms with van der Waals surface area (Å²) in [5, 5.41) is 3.62. The number of ether oxygens (including phenoxy) is 1. The maximum absolute atomic E-state index is 12.2. The molecule has 0 saturated carbocycles. The van der Waals surface area contributed by atoms with Crippen LogP contribution in [0.25, 0.3) is 0 Å². The zero-order valence-corrected chi connectivity index (χ0v) is 12.4. The van der Waals surface area contributed by atoms with Crippen molar-refractivity contribution in [3.63, 3.8) is 0 Å². The van der Waals surface area contributed by atoms with E-state index in [1.54, 1.807) is 6.92 Å². The summed E-state index contributed by atoms with van der Waals surface area (Å²) in [4.78, 5) is 26.9. The number of aryl methyl sites for hydroxylation is 1. The minimum absolute atomic E-state index is 0.150. The smallest absolute Gasteiger partial charge is 0.257 e. The van der Waals surface area contributed by atoms with Gasteiger partial charge in [0.1, 0.15) is 5.56 Å². The number of alkyl halides is 1. The van der Waals surface area contributed by atoms with Crippen molar-refractivity contribution < 1.29 is 9.53 Å². The highest BCUT2D eigenvalue weighted by atomic mass is 79.9. The summed E-state index contributed by atoms with van der Waals surface area (Å²) in [6.45, 7) is 3.02. The average Bonchev–Trinajstić information content (AvgIpc) is 2.39. The minimum Gasteiger partial charge on any atom is -0.381 e. The van der Waals surface area contributed by atoms with Crippen LogP contribution in [0.3, 0.4) is 0 Å². The Morgan fingerprint density at radius 3 is 2.79 bits per heavy atom. The summed E-state index contributed by atoms with van der Waals surface area (Å²) in [6, 6.07) is 1.43. The molecule has 104 valence electrons. The van der Waals surface area contributed by atoms with Gasteiger partial charge in [-0.1, -0.05) is 15.9 Å². The number of hydrogen-bond acceptors (Lipinski definition) is 3. The maximum Gasteiger partial charge on any atom is 0.257 e. The molecule has 1 fully saturated rings. The van der Waals surface area contributed by atoms with Gasteiger partial charge in [-0.3, -0.25) is 9.59 Å². The molecule has 0 aliphatic carbocycles. The predicted molar refractivity (Wildman–Crippen MR) is 75.8 cm³/mol. The number of carbonyl (C=O) groups excluding carboxylic acids is 1. The highest BCUT2D eigenvalue weighted by Crippen LogP contribution is 2.23. The molecule has 1 amide bonds. The number of H-pyrrole nitrogens is 1. The lowest BCUT2D eigenvalue weighted by molar-refractivity contribution is 0.0441. The third kappa shape index (κ3) is 3.25. The Kier molecular flexibility index (Phi) is 4.42. The van der Waals surface area contributed by atoms with E-state index in [2.05, 4.69) is 26.2 Å². The van der Waals surface area contributed by atoms with Crippen molar-refractivity contribution in [2.45, 2.75) is 25.3 Å². The van der Waals surface area contributed by atoms with Gasteiger partial charge in [0.05, 0.1) is 5.54 Å². The highest BCUT2D eigenvalue weighted by molar-refractivity contribution is 9.09. The van der Waals surface area contributed by atoms with Gasteiger partial charge in [-0.2, -0.15) is 0 Å². The third-order valence-electron chi connectivity index (χ3n) is 3.39. The van der Waals surface area contributed by atoms with E-state index in [9.17, 15) is 9.59 Å². The molecule has 0 radical (unpaired) electrons. The van der Waals surface area contributed by atoms with Crippen molar-refractivity contribution >= 4 is 21.8 Å². The number of rotatable bonds is 3. The summed E-state index contributed by atoms with van der Waals surface area (Å²) in [7, 11) is 0. The molecule has 2 N–H and O–H groups in total. The van der Waals surface area contributed by atoms with Crippen LogP contribution in [0.1, 0.15) is 28.9 Å². The topological polar surface area (TPSA) is 71.2 Å². The lowest BCUT2D eigenvalue weighted by atomic mass is 9.92. The van der Waals surface area contributed by atoms with Crippen LogP contribution in [-0.2, 0) is 4.74 Å². The standard InChI is InChI=1S/C13H17BrN2O3/c1-9-6-11(17)10(7-15-9)12(18)16-13(8-14)2-4-19-5-3-13/h6-7H,2-5,8H2,1H3,(H,15,17)(H,16,18). The second kappa shape index (κ2) is 5.88. The van der Waals surface area contributed by atoms with Crippen LogP contribution in [0.5, 0.6) is 0 Å². The molecule has 5 nitrogen and oxygen atoms in total. The molecule has 0 bridgehead atoms. The van der Waals surface area contributed by atoms with Crippen molar-refractivity contribution in [3.05, 3.63) is 33.7 Å². The molecule has 2 heterocycles. The van der Waals surface area contributed by atoms with Crippen LogP contribution in [0.2, 0.25) is 0 Å². The molecule has 0 spiro atoms. The quantitative estimate of drug-likeness (QED) is 0.823. The molecule has 1 aliphatic rings. The number of hydrogen-bond donors (Lipinski definition) is 2. The summed E-state index contributed by atoms with van der Waals surface area (Å²) in [5.74, 6) is -0.331. The largest absolute Gasteiger partial charge is 0.381 e. The molecular formula is C13H17BrN2O3. The molecule has 0 atom stereocenters. The van der Waals surface area contributed by atoms with Gasteiger partial charge in [0, 0.05) is 36.5 Å². The van der Waals surface area contributed by atoms with Gasteiger partial charge in [0.2, 0.25) is 0 Å². The van der Waals surface area contributed by atoms with Crippen molar-refractivity contribution in [2.24, 2.45) is 0 Å². The molecule has 6 heteroatoms. The number of nitrogens with one attached hydrogen (secondary N) is 2. The predicted octanol–water partition coefficient (Wildman–Crippen LogP) is 1.36. The van der Waals surface area contributed by atoms with E-state index in [1.165, 1.54) is 12.3 Å². The number of aromatic nitrogens is 1. The third-order valence-corrected chi connectivity index (χ3v) is 4.46. The Morgan fingerprint density at radius 2 is 2.21 bits per heavy atom. The van der Waals surface area contributed by atoms with E-state index in [4.69, 9.17) is 4.74 Å². The molecule has 1 aromatic rings. The van der Waals surface area contributed by atoms with Crippen LogP contribution >= 0.6 is 15.9 Å². The molecule has 1 aromatic heterocycles. The Balaban J connectivity index is 2.17. The van der Waals surface area contributed by atoms with Gasteiger partial charge in [-0.05, 0) is 19.8 Å². The monoisotopic (exact) mass is 328 g/mol. The summed E-state index contributed by atoms with van der Waals surface area (Å²) in [6.07, 6.45) is 2.95. The zero-order valence-electron chi connectivity index (χ0n) is 10.8. The fourth-order valence-electron chi connectivity index (χ4n) is 2.11. The van der Waals surface area contributed by atoms with Crippen LogP contribution in [-0.4, -0.2) is 35.0 Å². The molecule has 0 aromatic carbocycles. The second-order valence-corrected chi connectivity index (χ2v) is 5.44. The molecule has 2 rings (SSSR count). The van der Waals surface area contributed by atoms with E-state index in [0.29, 0.717) is 18.5 Å². The average molecular weight is 329 g/mol. The van der Waals surface area contributed by atoms with Crippen molar-refractivity contribution in [2.75, 3.05) is 18.5 Å². The fourth-order valence-corrected chi connectivity index (χ4v) is 2.81. The Bertz CT molecular complexity index is 521. The fraction of sp³-hybridized carbons (Fsp3) is 0.538. The van der Waals surface area contributed by atoms with Crippen LogP contribution < -0.4 is 10.7 Å². The van der Waals surface area contributed by atoms with E-state index >= 15 is 0 Å². The minimum atomic E-state index is -0.331. The van der Waals surface area contributed by atoms with E-state index in [0.717, 1.165) is 18.5 Å². The summed E-state index contributed by atoms with van der Waals surface area (Å²) in [5.41, 5.74) is 0.304. The van der Waals surface area contributed by atoms with Crippen molar-refractivity contribution in [3.8, 4) is 0 Å².